The zero-order valence-electron chi connectivity index (χ0n) is 10.1. The topological polar surface area (TPSA) is 32.3 Å². The Kier molecular flexibility index (Phi) is 3.36. The van der Waals surface area contributed by atoms with Gasteiger partial charge in [0.2, 0.25) is 0 Å². The van der Waals surface area contributed by atoms with Gasteiger partial charge in [-0.3, -0.25) is 0 Å². The highest BCUT2D eigenvalue weighted by Crippen LogP contribution is 2.37. The van der Waals surface area contributed by atoms with Crippen molar-refractivity contribution in [3.63, 3.8) is 0 Å². The number of aliphatic hydroxyl groups is 1. The molecule has 3 atom stereocenters. The molecule has 3 unspecified atom stereocenters. The van der Waals surface area contributed by atoms with E-state index in [1.54, 1.807) is 0 Å². The molecule has 2 N–H and O–H groups in total. The zero-order valence-corrected chi connectivity index (χ0v) is 10.1. The third-order valence-electron chi connectivity index (χ3n) is 4.42. The van der Waals surface area contributed by atoms with Crippen LogP contribution in [0.3, 0.4) is 0 Å². The Morgan fingerprint density at radius 3 is 2.60 bits per heavy atom. The first-order chi connectivity index (χ1) is 7.08. The minimum Gasteiger partial charge on any atom is -0.393 e. The number of aliphatic hydroxyl groups excluding tert-OH is 1. The summed E-state index contributed by atoms with van der Waals surface area (Å²) in [6.07, 6.45) is 7.29. The monoisotopic (exact) mass is 211 g/mol. The maximum absolute atomic E-state index is 9.47. The summed E-state index contributed by atoms with van der Waals surface area (Å²) in [5, 5.41) is 13.2. The molecule has 0 amide bonds. The predicted octanol–water partition coefficient (Wildman–Crippen LogP) is 2.32. The minimum absolute atomic E-state index is 0.0200. The first kappa shape index (κ1) is 11.4. The number of rotatable bonds is 3. The lowest BCUT2D eigenvalue weighted by Crippen LogP contribution is -2.40. The van der Waals surface area contributed by atoms with Gasteiger partial charge < -0.3 is 10.4 Å². The predicted molar refractivity (Wildman–Crippen MR) is 62.8 cm³/mol. The number of nitrogens with one attached hydrogen (secondary N) is 1. The summed E-state index contributed by atoms with van der Waals surface area (Å²) in [7, 11) is 0. The Hall–Kier alpha value is -0.0800. The molecular formula is C13H25NO. The van der Waals surface area contributed by atoms with Gasteiger partial charge >= 0.3 is 0 Å². The zero-order chi connectivity index (χ0) is 10.9. The molecule has 2 saturated carbocycles. The molecule has 0 saturated heterocycles. The molecular weight excluding hydrogens is 186 g/mol. The van der Waals surface area contributed by atoms with Crippen LogP contribution in [-0.4, -0.2) is 23.8 Å². The fraction of sp³-hybridized carbons (Fsp3) is 1.00. The first-order valence-corrected chi connectivity index (χ1v) is 6.49. The maximum Gasteiger partial charge on any atom is 0.0543 e. The van der Waals surface area contributed by atoms with Crippen molar-refractivity contribution < 1.29 is 5.11 Å². The van der Waals surface area contributed by atoms with E-state index in [-0.39, 0.29) is 6.10 Å². The average Bonchev–Trinajstić information content (AvgIpc) is 2.69. The van der Waals surface area contributed by atoms with Crippen LogP contribution in [-0.2, 0) is 0 Å². The van der Waals surface area contributed by atoms with Gasteiger partial charge in [-0.25, -0.2) is 0 Å². The van der Waals surface area contributed by atoms with Crippen molar-refractivity contribution in [1.29, 1.82) is 0 Å². The second-order valence-electron chi connectivity index (χ2n) is 6.17. The van der Waals surface area contributed by atoms with Gasteiger partial charge in [0.05, 0.1) is 6.10 Å². The normalized spacial score (nSPS) is 39.8. The van der Waals surface area contributed by atoms with Crippen molar-refractivity contribution in [2.24, 2.45) is 11.3 Å². The molecule has 2 heteroatoms. The summed E-state index contributed by atoms with van der Waals surface area (Å²) < 4.78 is 0. The third-order valence-corrected chi connectivity index (χ3v) is 4.42. The highest BCUT2D eigenvalue weighted by atomic mass is 16.3. The number of hydrogen-bond acceptors (Lipinski definition) is 2. The van der Waals surface area contributed by atoms with Crippen molar-refractivity contribution in [1.82, 2.24) is 5.32 Å². The van der Waals surface area contributed by atoms with E-state index in [2.05, 4.69) is 19.2 Å². The first-order valence-electron chi connectivity index (χ1n) is 6.49. The van der Waals surface area contributed by atoms with Gasteiger partial charge in [-0.15, -0.1) is 0 Å². The molecule has 2 aliphatic carbocycles. The van der Waals surface area contributed by atoms with Gasteiger partial charge in [0.1, 0.15) is 0 Å². The van der Waals surface area contributed by atoms with Gasteiger partial charge in [-0.2, -0.15) is 0 Å². The lowest BCUT2D eigenvalue weighted by Gasteiger charge is -2.29. The molecule has 0 spiro atoms. The lowest BCUT2D eigenvalue weighted by atomic mass is 9.87. The van der Waals surface area contributed by atoms with Crippen molar-refractivity contribution in [2.45, 2.75) is 64.5 Å². The van der Waals surface area contributed by atoms with Crippen LogP contribution in [0.2, 0.25) is 0 Å². The van der Waals surface area contributed by atoms with Gasteiger partial charge in [-0.05, 0) is 50.0 Å². The highest BCUT2D eigenvalue weighted by molar-refractivity contribution is 4.91. The van der Waals surface area contributed by atoms with Crippen LogP contribution in [0.4, 0.5) is 0 Å². The van der Waals surface area contributed by atoms with Crippen LogP contribution in [0.25, 0.3) is 0 Å². The van der Waals surface area contributed by atoms with Gasteiger partial charge in [0, 0.05) is 6.04 Å². The van der Waals surface area contributed by atoms with Gasteiger partial charge in [-0.1, -0.05) is 20.3 Å². The largest absolute Gasteiger partial charge is 0.393 e. The Balaban J connectivity index is 1.74. The van der Waals surface area contributed by atoms with E-state index in [9.17, 15) is 5.11 Å². The quantitative estimate of drug-likeness (QED) is 0.751. The molecule has 0 aromatic heterocycles. The van der Waals surface area contributed by atoms with Crippen molar-refractivity contribution >= 4 is 0 Å². The third kappa shape index (κ3) is 2.73. The van der Waals surface area contributed by atoms with Crippen LogP contribution < -0.4 is 5.32 Å². The molecule has 0 aliphatic heterocycles. The highest BCUT2D eigenvalue weighted by Gasteiger charge is 2.34. The molecule has 2 aliphatic rings. The van der Waals surface area contributed by atoms with Crippen LogP contribution in [0, 0.1) is 11.3 Å². The van der Waals surface area contributed by atoms with E-state index in [4.69, 9.17) is 0 Å². The Bertz CT molecular complexity index is 215. The van der Waals surface area contributed by atoms with Crippen molar-refractivity contribution in [3.8, 4) is 0 Å². The van der Waals surface area contributed by atoms with E-state index < -0.39 is 0 Å². The molecule has 2 rings (SSSR count). The van der Waals surface area contributed by atoms with E-state index in [0.717, 1.165) is 25.3 Å². The molecule has 2 nitrogen and oxygen atoms in total. The second-order valence-corrected chi connectivity index (χ2v) is 6.17. The Morgan fingerprint density at radius 1 is 1.27 bits per heavy atom. The molecule has 0 aromatic rings. The van der Waals surface area contributed by atoms with Crippen LogP contribution in [0.1, 0.15) is 52.4 Å². The van der Waals surface area contributed by atoms with E-state index in [1.165, 1.54) is 25.7 Å². The van der Waals surface area contributed by atoms with Gasteiger partial charge in [0.25, 0.3) is 0 Å². The fourth-order valence-electron chi connectivity index (χ4n) is 3.25. The van der Waals surface area contributed by atoms with Crippen LogP contribution in [0.5, 0.6) is 0 Å². The van der Waals surface area contributed by atoms with E-state index >= 15 is 0 Å². The van der Waals surface area contributed by atoms with Gasteiger partial charge in [0.15, 0.2) is 0 Å². The lowest BCUT2D eigenvalue weighted by molar-refractivity contribution is 0.176. The summed E-state index contributed by atoms with van der Waals surface area (Å²) in [5.41, 5.74) is 0.483. The van der Waals surface area contributed by atoms with Crippen LogP contribution in [0.15, 0.2) is 0 Å². The van der Waals surface area contributed by atoms with E-state index in [1.807, 2.05) is 0 Å². The molecule has 88 valence electrons. The summed E-state index contributed by atoms with van der Waals surface area (Å²) in [5.74, 6) is 0.719. The molecule has 0 radical (unpaired) electrons. The standard InChI is InChI=1S/C13H25NO/c1-13(2)7-3-4-12(13)14-9-10-5-6-11(15)8-10/h10-12,14-15H,3-9H2,1-2H3. The average molecular weight is 211 g/mol. The smallest absolute Gasteiger partial charge is 0.0543 e. The minimum atomic E-state index is -0.0200. The Labute approximate surface area is 93.5 Å². The SMILES string of the molecule is CC1(C)CCCC1NCC1CCC(O)C1. The molecule has 2 fully saturated rings. The van der Waals surface area contributed by atoms with E-state index in [0.29, 0.717) is 11.5 Å². The van der Waals surface area contributed by atoms with Crippen molar-refractivity contribution in [2.75, 3.05) is 6.54 Å². The second kappa shape index (κ2) is 4.42. The number of hydrogen-bond donors (Lipinski definition) is 2. The maximum atomic E-state index is 9.47. The molecule has 0 aromatic carbocycles. The molecule has 0 heterocycles. The van der Waals surface area contributed by atoms with Crippen LogP contribution >= 0.6 is 0 Å². The molecule has 0 bridgehead atoms. The summed E-state index contributed by atoms with van der Waals surface area (Å²) in [6.45, 7) is 5.87. The fourth-order valence-corrected chi connectivity index (χ4v) is 3.25. The summed E-state index contributed by atoms with van der Waals surface area (Å²) in [6, 6.07) is 0.704. The molecule has 15 heavy (non-hydrogen) atoms. The Morgan fingerprint density at radius 2 is 2.07 bits per heavy atom. The van der Waals surface area contributed by atoms with Crippen molar-refractivity contribution in [3.05, 3.63) is 0 Å². The summed E-state index contributed by atoms with van der Waals surface area (Å²) in [4.78, 5) is 0. The summed E-state index contributed by atoms with van der Waals surface area (Å²) >= 11 is 0.